The Kier molecular flexibility index (Phi) is 10.2. The molecule has 0 unspecified atom stereocenters. The molecule has 3 N–H and O–H groups in total. The predicted octanol–water partition coefficient (Wildman–Crippen LogP) is 2.40. The SMILES string of the molecule is COc1ccc(NC(=O)CN(C)C(C)C)cc1N.Cl.Cl. The van der Waals surface area contributed by atoms with E-state index in [-0.39, 0.29) is 30.7 Å². The Balaban J connectivity index is 0. The molecule has 0 saturated heterocycles. The third-order valence-corrected chi connectivity index (χ3v) is 2.79. The van der Waals surface area contributed by atoms with Crippen molar-refractivity contribution in [3.05, 3.63) is 18.2 Å². The highest BCUT2D eigenvalue weighted by atomic mass is 35.5. The van der Waals surface area contributed by atoms with Crippen LogP contribution in [0.2, 0.25) is 0 Å². The van der Waals surface area contributed by atoms with Gasteiger partial charge in [-0.15, -0.1) is 24.8 Å². The molecule has 1 aromatic carbocycles. The van der Waals surface area contributed by atoms with Crippen LogP contribution in [0.5, 0.6) is 5.75 Å². The molecule has 7 heteroatoms. The minimum absolute atomic E-state index is 0. The molecule has 0 aromatic heterocycles. The highest BCUT2D eigenvalue weighted by Crippen LogP contribution is 2.24. The van der Waals surface area contributed by atoms with Crippen molar-refractivity contribution in [1.82, 2.24) is 4.90 Å². The lowest BCUT2D eigenvalue weighted by Crippen LogP contribution is -2.34. The summed E-state index contributed by atoms with van der Waals surface area (Å²) in [7, 11) is 3.47. The number of benzene rings is 1. The van der Waals surface area contributed by atoms with E-state index in [1.165, 1.54) is 0 Å². The van der Waals surface area contributed by atoms with Crippen molar-refractivity contribution in [1.29, 1.82) is 0 Å². The van der Waals surface area contributed by atoms with E-state index in [4.69, 9.17) is 10.5 Å². The van der Waals surface area contributed by atoms with E-state index in [0.717, 1.165) is 0 Å². The van der Waals surface area contributed by atoms with E-state index in [0.29, 0.717) is 29.7 Å². The zero-order chi connectivity index (χ0) is 13.7. The molecule has 20 heavy (non-hydrogen) atoms. The first-order valence-electron chi connectivity index (χ1n) is 5.87. The number of ether oxygens (including phenoxy) is 1. The molecule has 0 heterocycles. The number of hydrogen-bond donors (Lipinski definition) is 2. The van der Waals surface area contributed by atoms with Crippen LogP contribution in [0.25, 0.3) is 0 Å². The maximum Gasteiger partial charge on any atom is 0.238 e. The van der Waals surface area contributed by atoms with Gasteiger partial charge in [-0.3, -0.25) is 9.69 Å². The lowest BCUT2D eigenvalue weighted by Gasteiger charge is -2.20. The molecule has 5 nitrogen and oxygen atoms in total. The summed E-state index contributed by atoms with van der Waals surface area (Å²) in [6, 6.07) is 5.52. The molecule has 0 aliphatic rings. The van der Waals surface area contributed by atoms with Gasteiger partial charge in [0.05, 0.1) is 19.3 Å². The van der Waals surface area contributed by atoms with Crippen LogP contribution in [0.15, 0.2) is 18.2 Å². The van der Waals surface area contributed by atoms with Gasteiger partial charge in [0.2, 0.25) is 5.91 Å². The van der Waals surface area contributed by atoms with Crippen LogP contribution in [0, 0.1) is 0 Å². The largest absolute Gasteiger partial charge is 0.495 e. The van der Waals surface area contributed by atoms with Crippen LogP contribution in [-0.2, 0) is 4.79 Å². The van der Waals surface area contributed by atoms with E-state index in [2.05, 4.69) is 5.32 Å². The van der Waals surface area contributed by atoms with E-state index in [9.17, 15) is 4.79 Å². The summed E-state index contributed by atoms with van der Waals surface area (Å²) >= 11 is 0. The molecule has 0 spiro atoms. The second kappa shape index (κ2) is 9.69. The number of halogens is 2. The average Bonchev–Trinajstić information content (AvgIpc) is 2.28. The molecule has 1 aromatic rings. The monoisotopic (exact) mass is 323 g/mol. The fraction of sp³-hybridized carbons (Fsp3) is 0.462. The number of nitrogens with zero attached hydrogens (tertiary/aromatic N) is 1. The summed E-state index contributed by atoms with van der Waals surface area (Å²) in [5.74, 6) is 0.545. The first-order valence-corrected chi connectivity index (χ1v) is 5.87. The van der Waals surface area contributed by atoms with E-state index < -0.39 is 0 Å². The number of amides is 1. The minimum Gasteiger partial charge on any atom is -0.495 e. The first-order chi connectivity index (χ1) is 8.43. The fourth-order valence-corrected chi connectivity index (χ4v) is 1.42. The summed E-state index contributed by atoms with van der Waals surface area (Å²) in [5.41, 5.74) is 6.95. The summed E-state index contributed by atoms with van der Waals surface area (Å²) in [5, 5.41) is 2.80. The number of hydrogen-bond acceptors (Lipinski definition) is 4. The van der Waals surface area contributed by atoms with Crippen molar-refractivity contribution >= 4 is 42.1 Å². The summed E-state index contributed by atoms with van der Waals surface area (Å²) < 4.78 is 5.06. The highest BCUT2D eigenvalue weighted by molar-refractivity contribution is 5.92. The summed E-state index contributed by atoms with van der Waals surface area (Å²) in [6.45, 7) is 4.43. The molecule has 0 aliphatic carbocycles. The quantitative estimate of drug-likeness (QED) is 0.816. The van der Waals surface area contributed by atoms with Crippen molar-refractivity contribution in [3.63, 3.8) is 0 Å². The van der Waals surface area contributed by atoms with Gasteiger partial charge in [0, 0.05) is 11.7 Å². The number of rotatable bonds is 5. The van der Waals surface area contributed by atoms with Gasteiger partial charge in [-0.2, -0.15) is 0 Å². The second-order valence-corrected chi connectivity index (χ2v) is 4.51. The number of methoxy groups -OCH3 is 1. The van der Waals surface area contributed by atoms with Crippen LogP contribution in [0.4, 0.5) is 11.4 Å². The smallest absolute Gasteiger partial charge is 0.238 e. The van der Waals surface area contributed by atoms with Gasteiger partial charge in [-0.25, -0.2) is 0 Å². The molecular formula is C13H23Cl2N3O2. The van der Waals surface area contributed by atoms with Gasteiger partial charge in [-0.1, -0.05) is 0 Å². The van der Waals surface area contributed by atoms with Gasteiger partial charge in [0.1, 0.15) is 5.75 Å². The van der Waals surface area contributed by atoms with Crippen LogP contribution in [-0.4, -0.2) is 37.6 Å². The van der Waals surface area contributed by atoms with Gasteiger partial charge >= 0.3 is 0 Å². The van der Waals surface area contributed by atoms with Crippen molar-refractivity contribution in [2.45, 2.75) is 19.9 Å². The number of nitrogens with two attached hydrogens (primary N) is 1. The van der Waals surface area contributed by atoms with Gasteiger partial charge < -0.3 is 15.8 Å². The summed E-state index contributed by atoms with van der Waals surface area (Å²) in [4.78, 5) is 13.7. The molecule has 0 aliphatic heterocycles. The van der Waals surface area contributed by atoms with E-state index >= 15 is 0 Å². The van der Waals surface area contributed by atoms with E-state index in [1.54, 1.807) is 25.3 Å². The van der Waals surface area contributed by atoms with Crippen molar-refractivity contribution < 1.29 is 9.53 Å². The Morgan fingerprint density at radius 2 is 2.00 bits per heavy atom. The molecule has 1 rings (SSSR count). The number of carbonyl (C=O) groups is 1. The highest BCUT2D eigenvalue weighted by Gasteiger charge is 2.10. The third-order valence-electron chi connectivity index (χ3n) is 2.79. The zero-order valence-corrected chi connectivity index (χ0v) is 13.8. The number of carbonyl (C=O) groups excluding carboxylic acids is 1. The Bertz CT molecular complexity index is 428. The molecule has 0 fully saturated rings. The molecule has 0 bridgehead atoms. The molecule has 0 atom stereocenters. The Morgan fingerprint density at radius 1 is 1.40 bits per heavy atom. The Labute approximate surface area is 132 Å². The van der Waals surface area contributed by atoms with Gasteiger partial charge in [-0.05, 0) is 39.1 Å². The number of nitrogens with one attached hydrogen (secondary N) is 1. The molecular weight excluding hydrogens is 301 g/mol. The molecule has 0 saturated carbocycles. The average molecular weight is 324 g/mol. The van der Waals surface area contributed by atoms with Crippen LogP contribution in [0.3, 0.4) is 0 Å². The Morgan fingerprint density at radius 3 is 2.45 bits per heavy atom. The van der Waals surface area contributed by atoms with Gasteiger partial charge in [0.25, 0.3) is 0 Å². The number of anilines is 2. The Hall–Kier alpha value is -1.17. The predicted molar refractivity (Wildman–Crippen MR) is 88.3 cm³/mol. The van der Waals surface area contributed by atoms with Crippen LogP contribution < -0.4 is 15.8 Å². The molecule has 1 amide bonds. The van der Waals surface area contributed by atoms with Crippen molar-refractivity contribution in [2.75, 3.05) is 31.8 Å². The lowest BCUT2D eigenvalue weighted by atomic mass is 10.2. The van der Waals surface area contributed by atoms with E-state index in [1.807, 2.05) is 25.8 Å². The maximum absolute atomic E-state index is 11.8. The third kappa shape index (κ3) is 6.32. The molecule has 116 valence electrons. The lowest BCUT2D eigenvalue weighted by molar-refractivity contribution is -0.117. The number of nitrogen functional groups attached to an aromatic ring is 1. The second-order valence-electron chi connectivity index (χ2n) is 4.51. The maximum atomic E-state index is 11.8. The van der Waals surface area contributed by atoms with Gasteiger partial charge in [0.15, 0.2) is 0 Å². The fourth-order valence-electron chi connectivity index (χ4n) is 1.42. The van der Waals surface area contributed by atoms with Crippen LogP contribution >= 0.6 is 24.8 Å². The normalized spacial score (nSPS) is 9.70. The number of likely N-dealkylation sites (N-methyl/N-ethyl adjacent to an activating group) is 1. The zero-order valence-electron chi connectivity index (χ0n) is 12.2. The van der Waals surface area contributed by atoms with Crippen molar-refractivity contribution in [2.24, 2.45) is 0 Å². The molecule has 0 radical (unpaired) electrons. The topological polar surface area (TPSA) is 67.6 Å². The minimum atomic E-state index is -0.0595. The summed E-state index contributed by atoms with van der Waals surface area (Å²) in [6.07, 6.45) is 0. The van der Waals surface area contributed by atoms with Crippen molar-refractivity contribution in [3.8, 4) is 5.75 Å². The standard InChI is InChI=1S/C13H21N3O2.2ClH/c1-9(2)16(3)8-13(17)15-10-5-6-12(18-4)11(14)7-10;;/h5-7,9H,8,14H2,1-4H3,(H,15,17);2*1H. The first kappa shape index (κ1) is 21.1. The van der Waals surface area contributed by atoms with Crippen LogP contribution in [0.1, 0.15) is 13.8 Å².